The van der Waals surface area contributed by atoms with Gasteiger partial charge in [0.1, 0.15) is 0 Å². The van der Waals surface area contributed by atoms with E-state index in [1.165, 1.54) is 0 Å². The number of unbranched alkanes of at least 4 members (excludes halogenated alkanes) is 2. The van der Waals surface area contributed by atoms with Crippen molar-refractivity contribution in [3.8, 4) is 11.8 Å². The minimum absolute atomic E-state index is 0.00591. The maximum absolute atomic E-state index is 12.2. The smallest absolute Gasteiger partial charge is 0.220 e. The van der Waals surface area contributed by atoms with Crippen molar-refractivity contribution in [3.05, 3.63) is 35.9 Å². The van der Waals surface area contributed by atoms with E-state index >= 15 is 0 Å². The van der Waals surface area contributed by atoms with Crippen LogP contribution >= 0.6 is 0 Å². The van der Waals surface area contributed by atoms with E-state index < -0.39 is 9.84 Å². The number of carbonyl (C=O) groups is 1. The molecule has 1 N–H and O–H groups in total. The van der Waals surface area contributed by atoms with E-state index in [9.17, 15) is 13.2 Å². The summed E-state index contributed by atoms with van der Waals surface area (Å²) in [5.41, 5.74) is 0.996. The first-order chi connectivity index (χ1) is 12.6. The molecule has 1 saturated heterocycles. The number of rotatable bonds is 8. The van der Waals surface area contributed by atoms with Crippen LogP contribution in [0.3, 0.4) is 0 Å². The molecule has 142 valence electrons. The Labute approximate surface area is 156 Å². The Hall–Kier alpha value is -1.84. The van der Waals surface area contributed by atoms with Crippen LogP contribution in [-0.2, 0) is 19.4 Å². The highest BCUT2D eigenvalue weighted by Gasteiger charge is 2.27. The van der Waals surface area contributed by atoms with Crippen molar-refractivity contribution in [1.29, 1.82) is 0 Å². The molecule has 26 heavy (non-hydrogen) atoms. The van der Waals surface area contributed by atoms with Gasteiger partial charge in [0, 0.05) is 38.2 Å². The molecule has 5 nitrogen and oxygen atoms in total. The maximum Gasteiger partial charge on any atom is 0.220 e. The van der Waals surface area contributed by atoms with E-state index in [4.69, 9.17) is 4.74 Å². The van der Waals surface area contributed by atoms with Crippen molar-refractivity contribution in [2.75, 3.05) is 25.5 Å². The molecule has 0 unspecified atom stereocenters. The molecule has 0 aromatic heterocycles. The van der Waals surface area contributed by atoms with Gasteiger partial charge in [-0.3, -0.25) is 4.79 Å². The zero-order chi connectivity index (χ0) is 18.7. The summed E-state index contributed by atoms with van der Waals surface area (Å²) in [4.78, 5) is 11.8. The second-order valence-electron chi connectivity index (χ2n) is 6.40. The molecule has 0 bridgehead atoms. The van der Waals surface area contributed by atoms with E-state index in [0.717, 1.165) is 24.8 Å². The summed E-state index contributed by atoms with van der Waals surface area (Å²) >= 11 is 0. The molecule has 6 heteroatoms. The summed E-state index contributed by atoms with van der Waals surface area (Å²) in [5, 5.41) is 2.39. The Morgan fingerprint density at radius 2 is 1.88 bits per heavy atom. The number of amides is 1. The number of sulfone groups is 1. The summed E-state index contributed by atoms with van der Waals surface area (Å²) < 4.78 is 29.6. The second-order valence-corrected chi connectivity index (χ2v) is 8.80. The SMILES string of the molecule is O=C(CCCCC#Cc1ccccc1)NCCS(=O)(=O)C1CCOCC1. The zero-order valence-electron chi connectivity index (χ0n) is 15.1. The number of ether oxygens (including phenoxy) is 1. The van der Waals surface area contributed by atoms with Gasteiger partial charge < -0.3 is 10.1 Å². The molecule has 1 heterocycles. The first-order valence-electron chi connectivity index (χ1n) is 9.18. The molecule has 1 aromatic carbocycles. The molecule has 0 atom stereocenters. The third-order valence-corrected chi connectivity index (χ3v) is 6.61. The number of carbonyl (C=O) groups excluding carboxylic acids is 1. The van der Waals surface area contributed by atoms with Gasteiger partial charge in [0.25, 0.3) is 0 Å². The van der Waals surface area contributed by atoms with Crippen molar-refractivity contribution in [2.24, 2.45) is 0 Å². The van der Waals surface area contributed by atoms with Crippen molar-refractivity contribution in [2.45, 2.75) is 43.8 Å². The van der Waals surface area contributed by atoms with Crippen LogP contribution in [0.2, 0.25) is 0 Å². The van der Waals surface area contributed by atoms with Crippen LogP contribution in [0.5, 0.6) is 0 Å². The highest BCUT2D eigenvalue weighted by Crippen LogP contribution is 2.16. The number of nitrogens with one attached hydrogen (secondary N) is 1. The summed E-state index contributed by atoms with van der Waals surface area (Å²) in [6, 6.07) is 9.80. The van der Waals surface area contributed by atoms with E-state index in [2.05, 4.69) is 17.2 Å². The lowest BCUT2D eigenvalue weighted by molar-refractivity contribution is -0.121. The summed E-state index contributed by atoms with van der Waals surface area (Å²) in [7, 11) is -3.15. The van der Waals surface area contributed by atoms with Crippen LogP contribution in [0.1, 0.15) is 44.1 Å². The first kappa shape index (κ1) is 20.5. The monoisotopic (exact) mass is 377 g/mol. The average molecular weight is 378 g/mol. The molecule has 0 radical (unpaired) electrons. The molecule has 0 spiro atoms. The van der Waals surface area contributed by atoms with Gasteiger partial charge >= 0.3 is 0 Å². The van der Waals surface area contributed by atoms with E-state index in [1.807, 2.05) is 30.3 Å². The van der Waals surface area contributed by atoms with Gasteiger partial charge in [-0.15, -0.1) is 0 Å². The fourth-order valence-corrected chi connectivity index (χ4v) is 4.44. The van der Waals surface area contributed by atoms with Crippen LogP contribution in [-0.4, -0.2) is 45.1 Å². The molecule has 1 aliphatic rings. The second kappa shape index (κ2) is 11.0. The lowest BCUT2D eigenvalue weighted by atomic mass is 10.1. The van der Waals surface area contributed by atoms with Gasteiger partial charge in [-0.2, -0.15) is 0 Å². The van der Waals surface area contributed by atoms with Crippen molar-refractivity contribution in [3.63, 3.8) is 0 Å². The molecule has 1 aromatic rings. The maximum atomic E-state index is 12.2. The predicted molar refractivity (Wildman–Crippen MR) is 102 cm³/mol. The fourth-order valence-electron chi connectivity index (χ4n) is 2.81. The summed E-state index contributed by atoms with van der Waals surface area (Å²) in [6.07, 6.45) is 3.88. The van der Waals surface area contributed by atoms with Crippen LogP contribution in [0.4, 0.5) is 0 Å². The van der Waals surface area contributed by atoms with Crippen molar-refractivity contribution >= 4 is 15.7 Å². The van der Waals surface area contributed by atoms with E-state index in [0.29, 0.717) is 32.5 Å². The molecule has 1 fully saturated rings. The molecule has 0 saturated carbocycles. The van der Waals surface area contributed by atoms with Gasteiger partial charge in [0.05, 0.1) is 11.0 Å². The minimum Gasteiger partial charge on any atom is -0.381 e. The normalized spacial score (nSPS) is 15.1. The number of hydrogen-bond acceptors (Lipinski definition) is 4. The number of benzene rings is 1. The third-order valence-electron chi connectivity index (χ3n) is 4.35. The van der Waals surface area contributed by atoms with Gasteiger partial charge in [-0.25, -0.2) is 8.42 Å². The standard InChI is InChI=1S/C20H27NO4S/c22-20(11-7-2-1-4-8-18-9-5-3-6-10-18)21-14-17-26(23,24)19-12-15-25-16-13-19/h3,5-6,9-10,19H,1-2,7,11-17H2,(H,21,22). The van der Waals surface area contributed by atoms with Gasteiger partial charge in [0.2, 0.25) is 5.91 Å². The zero-order valence-corrected chi connectivity index (χ0v) is 15.9. The van der Waals surface area contributed by atoms with Gasteiger partial charge in [0.15, 0.2) is 9.84 Å². The molecule has 1 aliphatic heterocycles. The fraction of sp³-hybridized carbons (Fsp3) is 0.550. The lowest BCUT2D eigenvalue weighted by Crippen LogP contribution is -2.35. The molecular weight excluding hydrogens is 350 g/mol. The highest BCUT2D eigenvalue weighted by molar-refractivity contribution is 7.92. The highest BCUT2D eigenvalue weighted by atomic mass is 32.2. The quantitative estimate of drug-likeness (QED) is 0.557. The topological polar surface area (TPSA) is 72.5 Å². The predicted octanol–water partition coefficient (Wildman–Crippen LogP) is 2.31. The van der Waals surface area contributed by atoms with Crippen LogP contribution in [0.25, 0.3) is 0 Å². The van der Waals surface area contributed by atoms with E-state index in [1.54, 1.807) is 0 Å². The third kappa shape index (κ3) is 7.59. The molecule has 0 aliphatic carbocycles. The van der Waals surface area contributed by atoms with Crippen molar-refractivity contribution < 1.29 is 17.9 Å². The molecule has 1 amide bonds. The Kier molecular flexibility index (Phi) is 8.66. The lowest BCUT2D eigenvalue weighted by Gasteiger charge is -2.22. The molecule has 2 rings (SSSR count). The Bertz CT molecular complexity index is 713. The van der Waals surface area contributed by atoms with Crippen LogP contribution in [0, 0.1) is 11.8 Å². The summed E-state index contributed by atoms with van der Waals surface area (Å²) in [5.74, 6) is 6.10. The largest absolute Gasteiger partial charge is 0.381 e. The minimum atomic E-state index is -3.15. The van der Waals surface area contributed by atoms with E-state index in [-0.39, 0.29) is 23.5 Å². The number of hydrogen-bond donors (Lipinski definition) is 1. The molecular formula is C20H27NO4S. The van der Waals surface area contributed by atoms with Crippen molar-refractivity contribution in [1.82, 2.24) is 5.32 Å². The average Bonchev–Trinajstić information content (AvgIpc) is 2.66. The van der Waals surface area contributed by atoms with Gasteiger partial charge in [-0.1, -0.05) is 30.0 Å². The van der Waals surface area contributed by atoms with Crippen LogP contribution < -0.4 is 5.32 Å². The van der Waals surface area contributed by atoms with Gasteiger partial charge in [-0.05, 0) is 37.8 Å². The first-order valence-corrected chi connectivity index (χ1v) is 10.9. The Balaban J connectivity index is 1.55. The Morgan fingerprint density at radius 1 is 1.15 bits per heavy atom. The summed E-state index contributed by atoms with van der Waals surface area (Å²) in [6.45, 7) is 1.19. The Morgan fingerprint density at radius 3 is 2.62 bits per heavy atom. The van der Waals surface area contributed by atoms with Crippen LogP contribution in [0.15, 0.2) is 30.3 Å².